The molecule has 0 unspecified atom stereocenters. The van der Waals surface area contributed by atoms with Crippen LogP contribution >= 0.6 is 11.6 Å². The predicted octanol–water partition coefficient (Wildman–Crippen LogP) is 3.78. The van der Waals surface area contributed by atoms with Gasteiger partial charge in [-0.1, -0.05) is 35.9 Å². The summed E-state index contributed by atoms with van der Waals surface area (Å²) in [7, 11) is -3.69. The first-order chi connectivity index (χ1) is 12.7. The van der Waals surface area contributed by atoms with Crippen LogP contribution in [0.25, 0.3) is 0 Å². The van der Waals surface area contributed by atoms with Gasteiger partial charge >= 0.3 is 0 Å². The van der Waals surface area contributed by atoms with E-state index in [4.69, 9.17) is 11.6 Å². The molecule has 7 heteroatoms. The van der Waals surface area contributed by atoms with Crippen LogP contribution in [-0.2, 0) is 21.2 Å². The highest BCUT2D eigenvalue weighted by Gasteiger charge is 2.34. The summed E-state index contributed by atoms with van der Waals surface area (Å²) >= 11 is 6.09. The highest BCUT2D eigenvalue weighted by molar-refractivity contribution is 7.92. The first kappa shape index (κ1) is 19.7. The number of carbonyl (C=O) groups excluding carboxylic acids is 1. The summed E-state index contributed by atoms with van der Waals surface area (Å²) in [4.78, 5) is 15.0. The second-order valence-electron chi connectivity index (χ2n) is 6.89. The molecular weight excluding hydrogens is 384 g/mol. The van der Waals surface area contributed by atoms with Gasteiger partial charge in [0.05, 0.1) is 11.9 Å². The number of halogens is 1. The van der Waals surface area contributed by atoms with Crippen LogP contribution in [0.2, 0.25) is 5.02 Å². The number of amides is 1. The van der Waals surface area contributed by atoms with Gasteiger partial charge in [-0.3, -0.25) is 9.10 Å². The van der Waals surface area contributed by atoms with E-state index in [1.807, 2.05) is 24.3 Å². The van der Waals surface area contributed by atoms with E-state index in [0.29, 0.717) is 17.3 Å². The van der Waals surface area contributed by atoms with Gasteiger partial charge in [0, 0.05) is 17.3 Å². The van der Waals surface area contributed by atoms with Gasteiger partial charge in [0.1, 0.15) is 6.04 Å². The van der Waals surface area contributed by atoms with Gasteiger partial charge in [-0.15, -0.1) is 0 Å². The number of fused-ring (bicyclic) bond motifs is 1. The minimum atomic E-state index is -3.69. The number of carbonyl (C=O) groups is 1. The Morgan fingerprint density at radius 2 is 1.93 bits per heavy atom. The normalized spacial score (nSPS) is 15.2. The SMILES string of the molecule is Cc1ccc(Cl)cc1N([C@@H](C)C(=O)N1CCCc2ccccc21)S(C)(=O)=O. The summed E-state index contributed by atoms with van der Waals surface area (Å²) in [6.45, 7) is 4.00. The molecule has 0 spiro atoms. The highest BCUT2D eigenvalue weighted by atomic mass is 35.5. The zero-order valence-corrected chi connectivity index (χ0v) is 17.2. The molecule has 1 amide bonds. The van der Waals surface area contributed by atoms with Crippen LogP contribution in [0, 0.1) is 6.92 Å². The van der Waals surface area contributed by atoms with Crippen molar-refractivity contribution in [3.8, 4) is 0 Å². The third-order valence-electron chi connectivity index (χ3n) is 4.85. The number of hydrogen-bond donors (Lipinski definition) is 0. The van der Waals surface area contributed by atoms with Crippen LogP contribution in [-0.4, -0.2) is 33.2 Å². The molecule has 0 saturated carbocycles. The fourth-order valence-corrected chi connectivity index (χ4v) is 4.97. The molecule has 0 aromatic heterocycles. The third kappa shape index (κ3) is 3.96. The molecule has 0 bridgehead atoms. The first-order valence-electron chi connectivity index (χ1n) is 8.85. The second kappa shape index (κ2) is 7.52. The summed E-state index contributed by atoms with van der Waals surface area (Å²) in [6.07, 6.45) is 2.88. The van der Waals surface area contributed by atoms with Crippen LogP contribution in [0.5, 0.6) is 0 Å². The van der Waals surface area contributed by atoms with Crippen molar-refractivity contribution in [2.75, 3.05) is 22.0 Å². The quantitative estimate of drug-likeness (QED) is 0.776. The molecule has 27 heavy (non-hydrogen) atoms. The molecule has 1 atom stereocenters. The molecule has 3 rings (SSSR count). The molecule has 0 N–H and O–H groups in total. The van der Waals surface area contributed by atoms with E-state index in [2.05, 4.69) is 0 Å². The van der Waals surface area contributed by atoms with Gasteiger partial charge in [0.25, 0.3) is 5.91 Å². The van der Waals surface area contributed by atoms with E-state index in [9.17, 15) is 13.2 Å². The van der Waals surface area contributed by atoms with Crippen molar-refractivity contribution in [3.05, 3.63) is 58.6 Å². The van der Waals surface area contributed by atoms with Crippen LogP contribution in [0.15, 0.2) is 42.5 Å². The fraction of sp³-hybridized carbons (Fsp3) is 0.350. The molecule has 1 aliphatic rings. The van der Waals surface area contributed by atoms with Gasteiger partial charge < -0.3 is 4.90 Å². The maximum atomic E-state index is 13.3. The van der Waals surface area contributed by atoms with E-state index in [-0.39, 0.29) is 5.91 Å². The Bertz CT molecular complexity index is 975. The lowest BCUT2D eigenvalue weighted by atomic mass is 10.0. The Labute approximate surface area is 165 Å². The lowest BCUT2D eigenvalue weighted by molar-refractivity contribution is -0.119. The number of para-hydroxylation sites is 1. The Morgan fingerprint density at radius 3 is 2.63 bits per heavy atom. The van der Waals surface area contributed by atoms with E-state index < -0.39 is 16.1 Å². The van der Waals surface area contributed by atoms with Crippen LogP contribution in [0.4, 0.5) is 11.4 Å². The molecule has 0 saturated heterocycles. The highest BCUT2D eigenvalue weighted by Crippen LogP contribution is 2.31. The Kier molecular flexibility index (Phi) is 5.49. The molecule has 2 aromatic carbocycles. The smallest absolute Gasteiger partial charge is 0.250 e. The van der Waals surface area contributed by atoms with Gasteiger partial charge in [0.15, 0.2) is 0 Å². The zero-order chi connectivity index (χ0) is 19.8. The maximum absolute atomic E-state index is 13.3. The van der Waals surface area contributed by atoms with E-state index in [1.54, 1.807) is 36.9 Å². The minimum Gasteiger partial charge on any atom is -0.310 e. The summed E-state index contributed by atoms with van der Waals surface area (Å²) in [6, 6.07) is 11.9. The molecular formula is C20H23ClN2O3S. The zero-order valence-electron chi connectivity index (χ0n) is 15.6. The monoisotopic (exact) mass is 406 g/mol. The Balaban J connectivity index is 2.02. The van der Waals surface area contributed by atoms with Crippen LogP contribution in [0.1, 0.15) is 24.5 Å². The van der Waals surface area contributed by atoms with Crippen molar-refractivity contribution >= 4 is 38.9 Å². The topological polar surface area (TPSA) is 57.7 Å². The predicted molar refractivity (Wildman–Crippen MR) is 110 cm³/mol. The number of hydrogen-bond acceptors (Lipinski definition) is 3. The number of aryl methyl sites for hydroxylation is 2. The summed E-state index contributed by atoms with van der Waals surface area (Å²) in [5.41, 5.74) is 3.13. The van der Waals surface area contributed by atoms with Crippen LogP contribution < -0.4 is 9.21 Å². The number of nitrogens with zero attached hydrogens (tertiary/aromatic N) is 2. The number of anilines is 2. The second-order valence-corrected chi connectivity index (χ2v) is 9.18. The molecule has 0 fully saturated rings. The van der Waals surface area contributed by atoms with E-state index >= 15 is 0 Å². The fourth-order valence-electron chi connectivity index (χ4n) is 3.58. The molecule has 0 aliphatic carbocycles. The van der Waals surface area contributed by atoms with Gasteiger partial charge in [-0.25, -0.2) is 8.42 Å². The van der Waals surface area contributed by atoms with Crippen LogP contribution in [0.3, 0.4) is 0 Å². The average molecular weight is 407 g/mol. The largest absolute Gasteiger partial charge is 0.310 e. The number of sulfonamides is 1. The third-order valence-corrected chi connectivity index (χ3v) is 6.31. The van der Waals surface area contributed by atoms with Crippen molar-refractivity contribution in [2.45, 2.75) is 32.7 Å². The number of benzene rings is 2. The Morgan fingerprint density at radius 1 is 1.22 bits per heavy atom. The minimum absolute atomic E-state index is 0.244. The van der Waals surface area contributed by atoms with Gasteiger partial charge in [0.2, 0.25) is 10.0 Å². The lowest BCUT2D eigenvalue weighted by Gasteiger charge is -2.36. The molecule has 144 valence electrons. The molecule has 1 heterocycles. The summed E-state index contributed by atoms with van der Waals surface area (Å²) < 4.78 is 26.3. The van der Waals surface area contributed by atoms with Crippen molar-refractivity contribution in [2.24, 2.45) is 0 Å². The number of rotatable bonds is 4. The van der Waals surface area contributed by atoms with Crippen molar-refractivity contribution in [1.82, 2.24) is 0 Å². The van der Waals surface area contributed by atoms with Crippen molar-refractivity contribution < 1.29 is 13.2 Å². The summed E-state index contributed by atoms with van der Waals surface area (Å²) in [5, 5.41) is 0.423. The molecule has 2 aromatic rings. The molecule has 0 radical (unpaired) electrons. The van der Waals surface area contributed by atoms with Gasteiger partial charge in [-0.05, 0) is 56.0 Å². The first-order valence-corrected chi connectivity index (χ1v) is 11.1. The average Bonchev–Trinajstić information content (AvgIpc) is 2.62. The molecule has 1 aliphatic heterocycles. The maximum Gasteiger partial charge on any atom is 0.250 e. The van der Waals surface area contributed by atoms with Crippen molar-refractivity contribution in [3.63, 3.8) is 0 Å². The Hall–Kier alpha value is -2.05. The van der Waals surface area contributed by atoms with Crippen molar-refractivity contribution in [1.29, 1.82) is 0 Å². The standard InChI is InChI=1S/C20H23ClN2O3S/c1-14-10-11-17(21)13-19(14)23(27(3,25)26)15(2)20(24)22-12-6-8-16-7-4-5-9-18(16)22/h4-5,7,9-11,13,15H,6,8,12H2,1-3H3/t15-/m0/s1. The molecule has 5 nitrogen and oxygen atoms in total. The van der Waals surface area contributed by atoms with E-state index in [1.165, 1.54) is 4.31 Å². The summed E-state index contributed by atoms with van der Waals surface area (Å²) in [5.74, 6) is -0.244. The lowest BCUT2D eigenvalue weighted by Crippen LogP contribution is -2.51. The van der Waals surface area contributed by atoms with Gasteiger partial charge in [-0.2, -0.15) is 0 Å². The van der Waals surface area contributed by atoms with E-state index in [0.717, 1.165) is 35.9 Å².